The van der Waals surface area contributed by atoms with Crippen LogP contribution in [0.2, 0.25) is 0 Å². The minimum absolute atomic E-state index is 0.00544. The number of nitrogens with one attached hydrogen (secondary N) is 1. The normalized spacial score (nSPS) is 14.8. The van der Waals surface area contributed by atoms with Gasteiger partial charge in [-0.05, 0) is 61.9 Å². The lowest BCUT2D eigenvalue weighted by molar-refractivity contribution is -0.122. The molecule has 1 aliphatic heterocycles. The summed E-state index contributed by atoms with van der Waals surface area (Å²) in [5, 5.41) is 11.7. The Morgan fingerprint density at radius 1 is 1.03 bits per heavy atom. The molecule has 192 valence electrons. The molecule has 1 unspecified atom stereocenters. The lowest BCUT2D eigenvalue weighted by atomic mass is 9.84. The number of carbonyl (C=O) groups is 2. The fourth-order valence-electron chi connectivity index (χ4n) is 4.49. The highest BCUT2D eigenvalue weighted by Gasteiger charge is 2.27. The van der Waals surface area contributed by atoms with Gasteiger partial charge < -0.3 is 19.9 Å². The van der Waals surface area contributed by atoms with E-state index < -0.39 is 5.60 Å². The first-order chi connectivity index (χ1) is 17.1. The van der Waals surface area contributed by atoms with Crippen molar-refractivity contribution in [2.75, 3.05) is 37.6 Å². The highest BCUT2D eigenvalue weighted by atomic mass is 16.6. The fraction of sp³-hybridized carbons (Fsp3) is 0.483. The number of ether oxygens (including phenoxy) is 1. The second-order valence-electron chi connectivity index (χ2n) is 10.6. The summed E-state index contributed by atoms with van der Waals surface area (Å²) in [7, 11) is 0. The van der Waals surface area contributed by atoms with Crippen molar-refractivity contribution in [3.05, 3.63) is 54.1 Å². The van der Waals surface area contributed by atoms with E-state index in [9.17, 15) is 9.59 Å². The maximum atomic E-state index is 12.9. The number of benzene rings is 2. The average Bonchev–Trinajstić information content (AvgIpc) is 2.85. The largest absolute Gasteiger partial charge is 0.444 e. The standard InChI is InChI=1S/C29H38N4O3/c1-21(2)20-26(27(34)31-15-14-30)25-9-7-6-8-24(25)22-10-12-23(13-11-22)32-16-18-33(19-17-32)28(35)36-29(3,4)5/h6-13,21,26H,15-20H2,1-5H3,(H,31,34). The van der Waals surface area contributed by atoms with Crippen LogP contribution in [0.1, 0.15) is 52.5 Å². The van der Waals surface area contributed by atoms with Crippen molar-refractivity contribution >= 4 is 17.7 Å². The predicted octanol–water partition coefficient (Wildman–Crippen LogP) is 5.18. The molecule has 1 fully saturated rings. The van der Waals surface area contributed by atoms with E-state index in [0.717, 1.165) is 35.5 Å². The molecule has 1 atom stereocenters. The van der Waals surface area contributed by atoms with Gasteiger partial charge in [0.05, 0.1) is 12.0 Å². The van der Waals surface area contributed by atoms with Crippen LogP contribution >= 0.6 is 0 Å². The third-order valence-electron chi connectivity index (χ3n) is 6.18. The minimum Gasteiger partial charge on any atom is -0.444 e. The Bertz CT molecular complexity index is 1070. The molecule has 7 nitrogen and oxygen atoms in total. The Morgan fingerprint density at radius 2 is 1.67 bits per heavy atom. The number of carbonyl (C=O) groups excluding carboxylic acids is 2. The van der Waals surface area contributed by atoms with Gasteiger partial charge >= 0.3 is 6.09 Å². The molecule has 7 heteroatoms. The molecule has 1 aliphatic rings. The summed E-state index contributed by atoms with van der Waals surface area (Å²) >= 11 is 0. The second kappa shape index (κ2) is 11.9. The third-order valence-corrected chi connectivity index (χ3v) is 6.18. The summed E-state index contributed by atoms with van der Waals surface area (Å²) in [6.07, 6.45) is 0.442. The van der Waals surface area contributed by atoms with E-state index in [0.29, 0.717) is 25.4 Å². The van der Waals surface area contributed by atoms with E-state index in [1.165, 1.54) is 0 Å². The maximum absolute atomic E-state index is 12.9. The van der Waals surface area contributed by atoms with Crippen molar-refractivity contribution in [3.8, 4) is 17.2 Å². The summed E-state index contributed by atoms with van der Waals surface area (Å²) in [6.45, 7) is 12.6. The Morgan fingerprint density at radius 3 is 2.25 bits per heavy atom. The molecular formula is C29H38N4O3. The smallest absolute Gasteiger partial charge is 0.410 e. The minimum atomic E-state index is -0.495. The van der Waals surface area contributed by atoms with Gasteiger partial charge in [-0.25, -0.2) is 4.79 Å². The summed E-state index contributed by atoms with van der Waals surface area (Å²) in [4.78, 5) is 29.3. The molecule has 36 heavy (non-hydrogen) atoms. The van der Waals surface area contributed by atoms with Gasteiger partial charge in [0.2, 0.25) is 5.91 Å². The lowest BCUT2D eigenvalue weighted by Crippen LogP contribution is -2.50. The lowest BCUT2D eigenvalue weighted by Gasteiger charge is -2.36. The van der Waals surface area contributed by atoms with Crippen LogP contribution in [0.3, 0.4) is 0 Å². The zero-order valence-corrected chi connectivity index (χ0v) is 22.1. The third kappa shape index (κ3) is 7.24. The highest BCUT2D eigenvalue weighted by molar-refractivity contribution is 5.87. The Hall–Kier alpha value is -3.53. The Kier molecular flexibility index (Phi) is 8.98. The van der Waals surface area contributed by atoms with Crippen LogP contribution in [0.25, 0.3) is 11.1 Å². The molecule has 0 aliphatic carbocycles. The molecule has 0 saturated carbocycles. The summed E-state index contributed by atoms with van der Waals surface area (Å²) in [5.74, 6) is -0.107. The van der Waals surface area contributed by atoms with E-state index >= 15 is 0 Å². The first-order valence-electron chi connectivity index (χ1n) is 12.7. The van der Waals surface area contributed by atoms with Crippen LogP contribution in [-0.4, -0.2) is 55.2 Å². The molecule has 3 rings (SSSR count). The van der Waals surface area contributed by atoms with E-state index in [1.54, 1.807) is 4.90 Å². The van der Waals surface area contributed by atoms with Crippen LogP contribution in [0.4, 0.5) is 10.5 Å². The molecule has 1 saturated heterocycles. The van der Waals surface area contributed by atoms with Crippen molar-refractivity contribution in [1.29, 1.82) is 5.26 Å². The van der Waals surface area contributed by atoms with Gasteiger partial charge in [0.25, 0.3) is 0 Å². The number of rotatable bonds is 7. The molecule has 1 heterocycles. The summed E-state index contributed by atoms with van der Waals surface area (Å²) in [5.41, 5.74) is 3.65. The SMILES string of the molecule is CC(C)CC(C(=O)NCC#N)c1ccccc1-c1ccc(N2CCN(C(=O)OC(C)(C)C)CC2)cc1. The van der Waals surface area contributed by atoms with Crippen LogP contribution in [0.15, 0.2) is 48.5 Å². The van der Waals surface area contributed by atoms with Gasteiger partial charge in [0.15, 0.2) is 0 Å². The number of amides is 2. The van der Waals surface area contributed by atoms with E-state index in [1.807, 2.05) is 45.0 Å². The predicted molar refractivity (Wildman–Crippen MR) is 143 cm³/mol. The summed E-state index contributed by atoms with van der Waals surface area (Å²) in [6, 6.07) is 18.4. The zero-order valence-electron chi connectivity index (χ0n) is 22.1. The van der Waals surface area contributed by atoms with E-state index in [4.69, 9.17) is 10.00 Å². The van der Waals surface area contributed by atoms with Crippen LogP contribution in [0.5, 0.6) is 0 Å². The van der Waals surface area contributed by atoms with Crippen LogP contribution in [-0.2, 0) is 9.53 Å². The molecule has 1 N–H and O–H groups in total. The highest BCUT2D eigenvalue weighted by Crippen LogP contribution is 2.34. The number of nitriles is 1. The average molecular weight is 491 g/mol. The number of piperazine rings is 1. The van der Waals surface area contributed by atoms with Gasteiger partial charge in [-0.3, -0.25) is 4.79 Å². The molecule has 0 radical (unpaired) electrons. The molecule has 0 aromatic heterocycles. The van der Waals surface area contributed by atoms with Crippen molar-refractivity contribution in [1.82, 2.24) is 10.2 Å². The molecule has 0 spiro atoms. The van der Waals surface area contributed by atoms with Gasteiger partial charge in [0, 0.05) is 31.9 Å². The first kappa shape index (κ1) is 27.1. The van der Waals surface area contributed by atoms with Crippen molar-refractivity contribution < 1.29 is 14.3 Å². The quantitative estimate of drug-likeness (QED) is 0.541. The Labute approximate surface area is 215 Å². The molecular weight excluding hydrogens is 452 g/mol. The van der Waals surface area contributed by atoms with Gasteiger partial charge in [-0.2, -0.15) is 5.26 Å². The zero-order chi connectivity index (χ0) is 26.3. The maximum Gasteiger partial charge on any atom is 0.410 e. The Balaban J connectivity index is 1.75. The summed E-state index contributed by atoms with van der Waals surface area (Å²) < 4.78 is 5.50. The van der Waals surface area contributed by atoms with Gasteiger partial charge in [0.1, 0.15) is 12.1 Å². The van der Waals surface area contributed by atoms with E-state index in [-0.39, 0.29) is 24.5 Å². The number of nitrogens with zero attached hydrogens (tertiary/aromatic N) is 3. The number of hydrogen-bond donors (Lipinski definition) is 1. The first-order valence-corrected chi connectivity index (χ1v) is 12.7. The topological polar surface area (TPSA) is 85.7 Å². The molecule has 0 bridgehead atoms. The van der Waals surface area contributed by atoms with Gasteiger partial charge in [-0.15, -0.1) is 0 Å². The molecule has 2 aromatic carbocycles. The number of hydrogen-bond acceptors (Lipinski definition) is 5. The van der Waals surface area contributed by atoms with Crippen LogP contribution < -0.4 is 10.2 Å². The molecule has 2 amide bonds. The van der Waals surface area contributed by atoms with E-state index in [2.05, 4.69) is 54.4 Å². The second-order valence-corrected chi connectivity index (χ2v) is 10.6. The monoisotopic (exact) mass is 490 g/mol. The fourth-order valence-corrected chi connectivity index (χ4v) is 4.49. The van der Waals surface area contributed by atoms with Gasteiger partial charge in [-0.1, -0.05) is 50.2 Å². The number of anilines is 1. The van der Waals surface area contributed by atoms with Crippen molar-refractivity contribution in [2.24, 2.45) is 5.92 Å². The van der Waals surface area contributed by atoms with Crippen molar-refractivity contribution in [2.45, 2.75) is 52.6 Å². The molecule has 2 aromatic rings. The van der Waals surface area contributed by atoms with Crippen LogP contribution in [0, 0.1) is 17.2 Å². The van der Waals surface area contributed by atoms with Crippen molar-refractivity contribution in [3.63, 3.8) is 0 Å².